The minimum atomic E-state index is -0.157. The molecule has 1 unspecified atom stereocenters. The summed E-state index contributed by atoms with van der Waals surface area (Å²) in [6, 6.07) is 7.77. The topological polar surface area (TPSA) is 67.6 Å². The maximum absolute atomic E-state index is 11.4. The zero-order valence-corrected chi connectivity index (χ0v) is 14.6. The average molecular weight is 371 g/mol. The van der Waals surface area contributed by atoms with Gasteiger partial charge in [0.2, 0.25) is 5.91 Å². The van der Waals surface area contributed by atoms with Gasteiger partial charge >= 0.3 is 0 Å². The summed E-state index contributed by atoms with van der Waals surface area (Å²) in [5.41, 5.74) is 6.36. The molecule has 8 heteroatoms. The average Bonchev–Trinajstić information content (AvgIpc) is 2.50. The molecule has 1 heterocycles. The molecule has 1 saturated heterocycles. The van der Waals surface area contributed by atoms with Crippen molar-refractivity contribution >= 4 is 42.3 Å². The van der Waals surface area contributed by atoms with Crippen LogP contribution in [0.2, 0.25) is 5.02 Å². The molecule has 1 aliphatic rings. The SMILES string of the molecule is Cl.Cl.NCC(=O)NCC(c1ccccc1Cl)N1CCOCC1. The number of carbonyl (C=O) groups excluding carboxylic acids is 1. The van der Waals surface area contributed by atoms with Crippen LogP contribution >= 0.6 is 36.4 Å². The van der Waals surface area contributed by atoms with Crippen LogP contribution in [0, 0.1) is 0 Å². The second kappa shape index (κ2) is 11.0. The van der Waals surface area contributed by atoms with Gasteiger partial charge in [-0.3, -0.25) is 9.69 Å². The Morgan fingerprint density at radius 2 is 1.95 bits per heavy atom. The van der Waals surface area contributed by atoms with Gasteiger partial charge in [-0.05, 0) is 11.6 Å². The van der Waals surface area contributed by atoms with Crippen LogP contribution in [0.15, 0.2) is 24.3 Å². The number of halogens is 3. The fourth-order valence-corrected chi connectivity index (χ4v) is 2.61. The molecular weight excluding hydrogens is 349 g/mol. The molecule has 0 radical (unpaired) electrons. The minimum absolute atomic E-state index is 0. The number of hydrogen-bond donors (Lipinski definition) is 2. The first-order chi connectivity index (χ1) is 9.72. The van der Waals surface area contributed by atoms with E-state index in [4.69, 9.17) is 22.1 Å². The number of nitrogens with zero attached hydrogens (tertiary/aromatic N) is 1. The van der Waals surface area contributed by atoms with E-state index in [0.717, 1.165) is 18.7 Å². The Morgan fingerprint density at radius 3 is 2.55 bits per heavy atom. The van der Waals surface area contributed by atoms with E-state index < -0.39 is 0 Å². The Hall–Kier alpha value is -0.560. The second-order valence-electron chi connectivity index (χ2n) is 4.69. The molecule has 1 aromatic carbocycles. The van der Waals surface area contributed by atoms with Gasteiger partial charge in [-0.2, -0.15) is 0 Å². The summed E-state index contributed by atoms with van der Waals surface area (Å²) in [7, 11) is 0. The van der Waals surface area contributed by atoms with Gasteiger partial charge in [0.15, 0.2) is 0 Å². The summed E-state index contributed by atoms with van der Waals surface area (Å²) in [5, 5.41) is 3.56. The van der Waals surface area contributed by atoms with Crippen molar-refractivity contribution in [2.24, 2.45) is 5.73 Å². The van der Waals surface area contributed by atoms with Gasteiger partial charge in [-0.25, -0.2) is 0 Å². The maximum atomic E-state index is 11.4. The van der Waals surface area contributed by atoms with Crippen molar-refractivity contribution in [3.63, 3.8) is 0 Å². The highest BCUT2D eigenvalue weighted by Gasteiger charge is 2.24. The van der Waals surface area contributed by atoms with Crippen molar-refractivity contribution in [3.05, 3.63) is 34.9 Å². The predicted octanol–water partition coefficient (Wildman–Crippen LogP) is 1.63. The summed E-state index contributed by atoms with van der Waals surface area (Å²) in [6.07, 6.45) is 0. The molecule has 2 rings (SSSR count). The summed E-state index contributed by atoms with van der Waals surface area (Å²) >= 11 is 6.29. The van der Waals surface area contributed by atoms with Crippen LogP contribution in [0.25, 0.3) is 0 Å². The molecule has 0 aromatic heterocycles. The van der Waals surface area contributed by atoms with Gasteiger partial charge < -0.3 is 15.8 Å². The molecule has 1 aliphatic heterocycles. The lowest BCUT2D eigenvalue weighted by Gasteiger charge is -2.35. The summed E-state index contributed by atoms with van der Waals surface area (Å²) < 4.78 is 5.38. The standard InChI is InChI=1S/C14H20ClN3O2.2ClH/c15-12-4-2-1-3-11(12)13(10-17-14(19)9-16)18-5-7-20-8-6-18;;/h1-4,13H,5-10,16H2,(H,17,19);2*1H. The zero-order chi connectivity index (χ0) is 14.4. The second-order valence-corrected chi connectivity index (χ2v) is 5.10. The summed E-state index contributed by atoms with van der Waals surface area (Å²) in [4.78, 5) is 13.7. The van der Waals surface area contributed by atoms with Gasteiger partial charge in [-0.1, -0.05) is 29.8 Å². The van der Waals surface area contributed by atoms with E-state index in [0.29, 0.717) is 24.8 Å². The number of nitrogens with two attached hydrogens (primary N) is 1. The number of rotatable bonds is 5. The lowest BCUT2D eigenvalue weighted by Crippen LogP contribution is -2.44. The molecule has 5 nitrogen and oxygen atoms in total. The van der Waals surface area contributed by atoms with Gasteiger partial charge in [0.25, 0.3) is 0 Å². The first-order valence-electron chi connectivity index (χ1n) is 6.75. The van der Waals surface area contributed by atoms with Crippen LogP contribution in [-0.4, -0.2) is 50.2 Å². The van der Waals surface area contributed by atoms with Crippen LogP contribution in [0.3, 0.4) is 0 Å². The molecule has 1 atom stereocenters. The van der Waals surface area contributed by atoms with E-state index in [9.17, 15) is 4.79 Å². The number of nitrogens with one attached hydrogen (secondary N) is 1. The molecule has 0 aliphatic carbocycles. The molecule has 3 N–H and O–H groups in total. The lowest BCUT2D eigenvalue weighted by atomic mass is 10.0. The van der Waals surface area contributed by atoms with E-state index >= 15 is 0 Å². The smallest absolute Gasteiger partial charge is 0.233 e. The molecular formula is C14H22Cl3N3O2. The van der Waals surface area contributed by atoms with Crippen LogP contribution in [0.1, 0.15) is 11.6 Å². The fraction of sp³-hybridized carbons (Fsp3) is 0.500. The number of carbonyl (C=O) groups is 1. The Kier molecular flexibility index (Phi) is 10.8. The van der Waals surface area contributed by atoms with E-state index in [1.54, 1.807) is 0 Å². The number of hydrogen-bond acceptors (Lipinski definition) is 4. The lowest BCUT2D eigenvalue weighted by molar-refractivity contribution is -0.120. The van der Waals surface area contributed by atoms with Gasteiger partial charge in [-0.15, -0.1) is 24.8 Å². The summed E-state index contributed by atoms with van der Waals surface area (Å²) in [6.45, 7) is 3.55. The van der Waals surface area contributed by atoms with E-state index in [1.165, 1.54) is 0 Å². The number of benzene rings is 1. The van der Waals surface area contributed by atoms with Gasteiger partial charge in [0.1, 0.15) is 0 Å². The Bertz CT molecular complexity index is 457. The third-order valence-corrected chi connectivity index (χ3v) is 3.77. The highest BCUT2D eigenvalue weighted by molar-refractivity contribution is 6.31. The molecule has 126 valence electrons. The zero-order valence-electron chi connectivity index (χ0n) is 12.2. The quantitative estimate of drug-likeness (QED) is 0.827. The van der Waals surface area contributed by atoms with E-state index in [-0.39, 0.29) is 43.3 Å². The highest BCUT2D eigenvalue weighted by atomic mass is 35.5. The number of ether oxygens (including phenoxy) is 1. The third-order valence-electron chi connectivity index (χ3n) is 3.43. The third kappa shape index (κ3) is 5.91. The monoisotopic (exact) mass is 369 g/mol. The first kappa shape index (κ1) is 21.4. The molecule has 0 saturated carbocycles. The number of amides is 1. The van der Waals surface area contributed by atoms with Crippen molar-refractivity contribution in [2.45, 2.75) is 6.04 Å². The van der Waals surface area contributed by atoms with Crippen LogP contribution in [-0.2, 0) is 9.53 Å². The fourth-order valence-electron chi connectivity index (χ4n) is 2.35. The maximum Gasteiger partial charge on any atom is 0.233 e. The molecule has 22 heavy (non-hydrogen) atoms. The Morgan fingerprint density at radius 1 is 1.32 bits per heavy atom. The predicted molar refractivity (Wildman–Crippen MR) is 93.1 cm³/mol. The normalized spacial score (nSPS) is 16.1. The first-order valence-corrected chi connectivity index (χ1v) is 7.13. The van der Waals surface area contributed by atoms with Crippen LogP contribution < -0.4 is 11.1 Å². The van der Waals surface area contributed by atoms with Crippen molar-refractivity contribution in [3.8, 4) is 0 Å². The Balaban J connectivity index is 0.00000220. The largest absolute Gasteiger partial charge is 0.379 e. The van der Waals surface area contributed by atoms with Crippen molar-refractivity contribution in [2.75, 3.05) is 39.4 Å². The highest BCUT2D eigenvalue weighted by Crippen LogP contribution is 2.27. The van der Waals surface area contributed by atoms with Crippen molar-refractivity contribution < 1.29 is 9.53 Å². The van der Waals surface area contributed by atoms with Crippen molar-refractivity contribution in [1.29, 1.82) is 0 Å². The molecule has 1 aromatic rings. The van der Waals surface area contributed by atoms with E-state index in [1.807, 2.05) is 24.3 Å². The van der Waals surface area contributed by atoms with E-state index in [2.05, 4.69) is 10.2 Å². The van der Waals surface area contributed by atoms with Crippen molar-refractivity contribution in [1.82, 2.24) is 10.2 Å². The van der Waals surface area contributed by atoms with Gasteiger partial charge in [0, 0.05) is 24.7 Å². The molecule has 1 amide bonds. The Labute approximate surface area is 148 Å². The number of morpholine rings is 1. The van der Waals surface area contributed by atoms with Crippen LogP contribution in [0.4, 0.5) is 0 Å². The molecule has 1 fully saturated rings. The summed E-state index contributed by atoms with van der Waals surface area (Å²) in [5.74, 6) is -0.157. The van der Waals surface area contributed by atoms with Crippen LogP contribution in [0.5, 0.6) is 0 Å². The minimum Gasteiger partial charge on any atom is -0.379 e. The molecule has 0 bridgehead atoms. The molecule has 0 spiro atoms. The van der Waals surface area contributed by atoms with Gasteiger partial charge in [0.05, 0.1) is 25.8 Å².